The van der Waals surface area contributed by atoms with Crippen molar-refractivity contribution in [1.82, 2.24) is 4.98 Å². The van der Waals surface area contributed by atoms with Crippen molar-refractivity contribution < 1.29 is 14.3 Å². The highest BCUT2D eigenvalue weighted by atomic mass is 35.5. The van der Waals surface area contributed by atoms with Crippen LogP contribution in [0, 0.1) is 0 Å². The molecule has 142 valence electrons. The number of hydrogen-bond acceptors (Lipinski definition) is 6. The van der Waals surface area contributed by atoms with E-state index < -0.39 is 5.54 Å². The van der Waals surface area contributed by atoms with E-state index in [2.05, 4.69) is 17.2 Å². The number of carbonyl (C=O) groups excluding carboxylic acids is 1. The number of hydrogen-bond donors (Lipinski definition) is 2. The molecule has 1 fully saturated rings. The molecule has 1 aliphatic heterocycles. The van der Waals surface area contributed by atoms with Crippen LogP contribution < -0.4 is 15.8 Å². The second-order valence-electron chi connectivity index (χ2n) is 6.10. The zero-order valence-corrected chi connectivity index (χ0v) is 16.5. The van der Waals surface area contributed by atoms with E-state index in [-0.39, 0.29) is 18.3 Å². The van der Waals surface area contributed by atoms with E-state index >= 15 is 0 Å². The quantitative estimate of drug-likeness (QED) is 0.808. The van der Waals surface area contributed by atoms with Crippen molar-refractivity contribution in [2.45, 2.75) is 31.7 Å². The van der Waals surface area contributed by atoms with Crippen LogP contribution in [0.4, 0.5) is 5.13 Å². The first kappa shape index (κ1) is 20.6. The van der Waals surface area contributed by atoms with E-state index in [0.717, 1.165) is 28.3 Å². The number of benzene rings is 1. The van der Waals surface area contributed by atoms with E-state index in [9.17, 15) is 4.79 Å². The minimum Gasteiger partial charge on any atom is -0.497 e. The molecule has 0 saturated carbocycles. The normalized spacial score (nSPS) is 15.8. The minimum absolute atomic E-state index is 0. The van der Waals surface area contributed by atoms with Gasteiger partial charge in [0.15, 0.2) is 5.13 Å². The zero-order valence-electron chi connectivity index (χ0n) is 14.9. The van der Waals surface area contributed by atoms with Crippen molar-refractivity contribution in [3.8, 4) is 17.0 Å². The molecule has 1 aliphatic rings. The molecule has 0 atom stereocenters. The number of nitrogens with one attached hydrogen (secondary N) is 1. The van der Waals surface area contributed by atoms with Crippen LogP contribution in [-0.2, 0) is 16.0 Å². The van der Waals surface area contributed by atoms with Gasteiger partial charge in [-0.3, -0.25) is 4.79 Å². The van der Waals surface area contributed by atoms with E-state index in [0.29, 0.717) is 31.2 Å². The largest absolute Gasteiger partial charge is 0.497 e. The monoisotopic (exact) mass is 397 g/mol. The highest BCUT2D eigenvalue weighted by molar-refractivity contribution is 7.16. The van der Waals surface area contributed by atoms with Gasteiger partial charge in [0, 0.05) is 23.7 Å². The Hall–Kier alpha value is -1.67. The van der Waals surface area contributed by atoms with Gasteiger partial charge >= 0.3 is 0 Å². The van der Waals surface area contributed by atoms with Gasteiger partial charge in [-0.1, -0.05) is 6.92 Å². The van der Waals surface area contributed by atoms with Crippen molar-refractivity contribution in [3.63, 3.8) is 0 Å². The van der Waals surface area contributed by atoms with Crippen molar-refractivity contribution in [1.29, 1.82) is 0 Å². The predicted molar refractivity (Wildman–Crippen MR) is 106 cm³/mol. The van der Waals surface area contributed by atoms with Crippen LogP contribution in [0.15, 0.2) is 24.3 Å². The third-order valence-corrected chi connectivity index (χ3v) is 5.55. The second kappa shape index (κ2) is 8.81. The molecule has 1 amide bonds. The highest BCUT2D eigenvalue weighted by Crippen LogP contribution is 2.33. The number of amides is 1. The van der Waals surface area contributed by atoms with Gasteiger partial charge in [-0.2, -0.15) is 0 Å². The van der Waals surface area contributed by atoms with Gasteiger partial charge < -0.3 is 20.5 Å². The fourth-order valence-corrected chi connectivity index (χ4v) is 3.72. The number of ether oxygens (including phenoxy) is 2. The Morgan fingerprint density at radius 1 is 1.35 bits per heavy atom. The Morgan fingerprint density at radius 3 is 2.58 bits per heavy atom. The molecule has 0 radical (unpaired) electrons. The second-order valence-corrected chi connectivity index (χ2v) is 7.18. The SMILES string of the molecule is CCc1sc(NC(=O)C2(N)CCOCC2)nc1-c1ccc(OC)cc1.Cl. The van der Waals surface area contributed by atoms with E-state index in [4.69, 9.17) is 15.2 Å². The van der Waals surface area contributed by atoms with E-state index in [1.807, 2.05) is 24.3 Å². The van der Waals surface area contributed by atoms with E-state index in [1.165, 1.54) is 11.3 Å². The summed E-state index contributed by atoms with van der Waals surface area (Å²) in [6, 6.07) is 7.76. The molecule has 26 heavy (non-hydrogen) atoms. The lowest BCUT2D eigenvalue weighted by Gasteiger charge is -2.31. The predicted octanol–water partition coefficient (Wildman–Crippen LogP) is 3.25. The first-order valence-electron chi connectivity index (χ1n) is 8.38. The number of methoxy groups -OCH3 is 1. The molecule has 8 heteroatoms. The smallest absolute Gasteiger partial charge is 0.246 e. The summed E-state index contributed by atoms with van der Waals surface area (Å²) in [5.74, 6) is 0.614. The van der Waals surface area contributed by atoms with Crippen LogP contribution in [0.5, 0.6) is 5.75 Å². The Kier molecular flexibility index (Phi) is 7.00. The number of rotatable bonds is 5. The molecule has 0 spiro atoms. The van der Waals surface area contributed by atoms with Crippen LogP contribution in [0.2, 0.25) is 0 Å². The van der Waals surface area contributed by atoms with Crippen LogP contribution in [0.25, 0.3) is 11.3 Å². The highest BCUT2D eigenvalue weighted by Gasteiger charge is 2.36. The fraction of sp³-hybridized carbons (Fsp3) is 0.444. The topological polar surface area (TPSA) is 86.5 Å². The first-order chi connectivity index (χ1) is 12.1. The molecule has 6 nitrogen and oxygen atoms in total. The molecule has 0 bridgehead atoms. The number of aromatic nitrogens is 1. The molecule has 1 aromatic heterocycles. The Bertz CT molecular complexity index is 743. The summed E-state index contributed by atoms with van der Waals surface area (Å²) in [7, 11) is 1.64. The Labute approximate surface area is 163 Å². The zero-order chi connectivity index (χ0) is 17.9. The van der Waals surface area contributed by atoms with Crippen LogP contribution in [0.3, 0.4) is 0 Å². The third-order valence-electron chi connectivity index (χ3n) is 4.44. The summed E-state index contributed by atoms with van der Waals surface area (Å²) in [6.07, 6.45) is 1.89. The van der Waals surface area contributed by atoms with Gasteiger partial charge in [0.05, 0.1) is 12.8 Å². The Morgan fingerprint density at radius 2 is 2.00 bits per heavy atom. The summed E-state index contributed by atoms with van der Waals surface area (Å²) in [5, 5.41) is 3.49. The first-order valence-corrected chi connectivity index (χ1v) is 9.19. The lowest BCUT2D eigenvalue weighted by molar-refractivity contribution is -0.124. The molecular weight excluding hydrogens is 374 g/mol. The summed E-state index contributed by atoms with van der Waals surface area (Å²) in [6.45, 7) is 3.10. The molecule has 0 aliphatic carbocycles. The van der Waals surface area contributed by atoms with E-state index in [1.54, 1.807) is 7.11 Å². The molecule has 3 rings (SSSR count). The lowest BCUT2D eigenvalue weighted by Crippen LogP contribution is -2.54. The van der Waals surface area contributed by atoms with Gasteiger partial charge in [-0.25, -0.2) is 4.98 Å². The van der Waals surface area contributed by atoms with Crippen molar-refractivity contribution >= 4 is 34.8 Å². The molecule has 3 N–H and O–H groups in total. The maximum atomic E-state index is 12.6. The van der Waals surface area contributed by atoms with Gasteiger partial charge in [0.2, 0.25) is 5.91 Å². The lowest BCUT2D eigenvalue weighted by atomic mass is 9.90. The minimum atomic E-state index is -0.878. The number of thiazole rings is 1. The maximum Gasteiger partial charge on any atom is 0.246 e. The molecule has 0 unspecified atom stereocenters. The Balaban J connectivity index is 0.00000243. The maximum absolute atomic E-state index is 12.6. The number of halogens is 1. The number of anilines is 1. The van der Waals surface area contributed by atoms with Crippen LogP contribution in [-0.4, -0.2) is 36.8 Å². The number of aryl methyl sites for hydroxylation is 1. The molecule has 2 heterocycles. The van der Waals surface area contributed by atoms with Crippen molar-refractivity contribution in [2.75, 3.05) is 25.6 Å². The molecule has 2 aromatic rings. The van der Waals surface area contributed by atoms with Gasteiger partial charge in [-0.05, 0) is 43.5 Å². The summed E-state index contributed by atoms with van der Waals surface area (Å²) >= 11 is 1.49. The molecular formula is C18H24ClN3O3S. The molecule has 1 saturated heterocycles. The number of carbonyl (C=O) groups is 1. The number of nitrogens with zero attached hydrogens (tertiary/aromatic N) is 1. The summed E-state index contributed by atoms with van der Waals surface area (Å²) < 4.78 is 10.5. The van der Waals surface area contributed by atoms with Crippen molar-refractivity contribution in [2.24, 2.45) is 5.73 Å². The number of nitrogens with two attached hydrogens (primary N) is 1. The molecule has 1 aromatic carbocycles. The van der Waals surface area contributed by atoms with Crippen LogP contribution in [0.1, 0.15) is 24.6 Å². The van der Waals surface area contributed by atoms with Crippen molar-refractivity contribution in [3.05, 3.63) is 29.1 Å². The van der Waals surface area contributed by atoms with Gasteiger partial charge in [-0.15, -0.1) is 23.7 Å². The van der Waals surface area contributed by atoms with Gasteiger partial charge in [0.1, 0.15) is 11.3 Å². The average molecular weight is 398 g/mol. The average Bonchev–Trinajstić information content (AvgIpc) is 3.05. The van der Waals surface area contributed by atoms with Crippen LogP contribution >= 0.6 is 23.7 Å². The fourth-order valence-electron chi connectivity index (χ4n) is 2.80. The summed E-state index contributed by atoms with van der Waals surface area (Å²) in [4.78, 5) is 18.3. The standard InChI is InChI=1S/C18H23N3O3S.ClH/c1-3-14-15(12-4-6-13(23-2)7-5-12)20-17(25-14)21-16(22)18(19)8-10-24-11-9-18;/h4-7H,3,8-11,19H2,1-2H3,(H,20,21,22);1H. The summed E-state index contributed by atoms with van der Waals surface area (Å²) in [5.41, 5.74) is 7.26. The van der Waals surface area contributed by atoms with Gasteiger partial charge in [0.25, 0.3) is 0 Å². The third kappa shape index (κ3) is 4.35.